The fourth-order valence-electron chi connectivity index (χ4n) is 1.57. The predicted molar refractivity (Wildman–Crippen MR) is 69.2 cm³/mol. The lowest BCUT2D eigenvalue weighted by atomic mass is 10.1. The van der Waals surface area contributed by atoms with E-state index in [0.29, 0.717) is 23.0 Å². The molecule has 0 atom stereocenters. The van der Waals surface area contributed by atoms with E-state index in [2.05, 4.69) is 10.2 Å². The molecule has 0 radical (unpaired) electrons. The number of aromatic nitrogens is 3. The van der Waals surface area contributed by atoms with E-state index in [1.165, 1.54) is 22.4 Å². The smallest absolute Gasteiger partial charge is 0.270 e. The molecule has 2 aromatic rings. The van der Waals surface area contributed by atoms with Crippen LogP contribution in [0.3, 0.4) is 0 Å². The Hall–Kier alpha value is -2.07. The van der Waals surface area contributed by atoms with Crippen LogP contribution in [0, 0.1) is 17.1 Å². The van der Waals surface area contributed by atoms with Crippen LogP contribution < -0.4 is 5.69 Å². The van der Waals surface area contributed by atoms with Crippen LogP contribution in [0.25, 0.3) is 0 Å². The highest BCUT2D eigenvalue weighted by Crippen LogP contribution is 2.22. The van der Waals surface area contributed by atoms with Gasteiger partial charge in [0.2, 0.25) is 0 Å². The Balaban J connectivity index is 2.15. The number of hydrogen-bond acceptors (Lipinski definition) is 4. The molecule has 98 valence electrons. The molecular weight excluding hydrogens is 267 g/mol. The Bertz CT molecular complexity index is 686. The standard InChI is InChI=1S/C12H11FN4OS/c1-2-17-11(18)15-16-12(17)19-7-9-4-3-8(6-14)5-10(9)13/h3-5H,2,7H2,1H3,(H,15,18). The van der Waals surface area contributed by atoms with E-state index in [1.807, 2.05) is 13.0 Å². The number of hydrogen-bond donors (Lipinski definition) is 1. The minimum atomic E-state index is -0.424. The van der Waals surface area contributed by atoms with Gasteiger partial charge in [-0.2, -0.15) is 5.26 Å². The van der Waals surface area contributed by atoms with Crippen LogP contribution >= 0.6 is 11.8 Å². The third-order valence-electron chi connectivity index (χ3n) is 2.58. The fraction of sp³-hybridized carbons (Fsp3) is 0.250. The monoisotopic (exact) mass is 278 g/mol. The van der Waals surface area contributed by atoms with Crippen LogP contribution in [0.4, 0.5) is 4.39 Å². The zero-order valence-electron chi connectivity index (χ0n) is 10.2. The van der Waals surface area contributed by atoms with Crippen molar-refractivity contribution >= 4 is 11.8 Å². The summed E-state index contributed by atoms with van der Waals surface area (Å²) in [6.07, 6.45) is 0. The summed E-state index contributed by atoms with van der Waals surface area (Å²) in [6.45, 7) is 2.34. The lowest BCUT2D eigenvalue weighted by molar-refractivity contribution is 0.616. The van der Waals surface area contributed by atoms with Crippen LogP contribution in [0.15, 0.2) is 28.2 Å². The predicted octanol–water partition coefficient (Wildman–Crippen LogP) is 1.89. The van der Waals surface area contributed by atoms with Gasteiger partial charge in [0.05, 0.1) is 11.6 Å². The second kappa shape index (κ2) is 5.71. The van der Waals surface area contributed by atoms with E-state index in [9.17, 15) is 9.18 Å². The van der Waals surface area contributed by atoms with Gasteiger partial charge in [-0.3, -0.25) is 4.57 Å². The Kier molecular flexibility index (Phi) is 4.02. The number of aromatic amines is 1. The molecule has 0 saturated carbocycles. The van der Waals surface area contributed by atoms with Crippen LogP contribution in [0.2, 0.25) is 0 Å². The number of halogens is 1. The molecule has 1 N–H and O–H groups in total. The fourth-order valence-corrected chi connectivity index (χ4v) is 2.57. The van der Waals surface area contributed by atoms with Gasteiger partial charge in [0, 0.05) is 12.3 Å². The Labute approximate surface area is 113 Å². The highest BCUT2D eigenvalue weighted by atomic mass is 32.2. The summed E-state index contributed by atoms with van der Waals surface area (Å²) in [5.74, 6) is -0.0746. The second-order valence-corrected chi connectivity index (χ2v) is 4.70. The molecule has 0 aliphatic carbocycles. The first kappa shape index (κ1) is 13.4. The van der Waals surface area contributed by atoms with Crippen LogP contribution in [0.5, 0.6) is 0 Å². The summed E-state index contributed by atoms with van der Waals surface area (Å²) in [7, 11) is 0. The van der Waals surface area contributed by atoms with Gasteiger partial charge in [-0.05, 0) is 24.6 Å². The number of H-pyrrole nitrogens is 1. The van der Waals surface area contributed by atoms with Gasteiger partial charge in [-0.25, -0.2) is 14.3 Å². The normalized spacial score (nSPS) is 10.4. The molecule has 0 saturated heterocycles. The van der Waals surface area contributed by atoms with Crippen molar-refractivity contribution in [1.29, 1.82) is 5.26 Å². The molecule has 0 bridgehead atoms. The Morgan fingerprint density at radius 3 is 3.00 bits per heavy atom. The number of nitrogens with one attached hydrogen (secondary N) is 1. The number of nitriles is 1. The van der Waals surface area contributed by atoms with Crippen molar-refractivity contribution in [3.05, 3.63) is 45.6 Å². The molecule has 19 heavy (non-hydrogen) atoms. The van der Waals surface area contributed by atoms with Crippen LogP contribution in [-0.2, 0) is 12.3 Å². The van der Waals surface area contributed by atoms with E-state index in [0.717, 1.165) is 0 Å². The lowest BCUT2D eigenvalue weighted by Gasteiger charge is -2.04. The van der Waals surface area contributed by atoms with E-state index in [-0.39, 0.29) is 11.3 Å². The van der Waals surface area contributed by atoms with E-state index >= 15 is 0 Å². The highest BCUT2D eigenvalue weighted by molar-refractivity contribution is 7.98. The van der Waals surface area contributed by atoms with E-state index < -0.39 is 5.82 Å². The van der Waals surface area contributed by atoms with Crippen molar-refractivity contribution in [2.24, 2.45) is 0 Å². The van der Waals surface area contributed by atoms with Gasteiger partial charge < -0.3 is 0 Å². The summed E-state index contributed by atoms with van der Waals surface area (Å²) in [5.41, 5.74) is 0.490. The topological polar surface area (TPSA) is 74.5 Å². The number of nitrogens with zero attached hydrogens (tertiary/aromatic N) is 3. The van der Waals surface area contributed by atoms with Crippen LogP contribution in [0.1, 0.15) is 18.1 Å². The molecule has 7 heteroatoms. The summed E-state index contributed by atoms with van der Waals surface area (Å²) in [6, 6.07) is 6.22. The summed E-state index contributed by atoms with van der Waals surface area (Å²) < 4.78 is 15.1. The van der Waals surface area contributed by atoms with E-state index in [4.69, 9.17) is 5.26 Å². The van der Waals surface area contributed by atoms with Crippen molar-refractivity contribution in [3.63, 3.8) is 0 Å². The van der Waals surface area contributed by atoms with Gasteiger partial charge in [0.1, 0.15) is 5.82 Å². The molecule has 1 aromatic carbocycles. The number of thioether (sulfide) groups is 1. The average Bonchev–Trinajstić information content (AvgIpc) is 2.77. The maximum absolute atomic E-state index is 13.7. The van der Waals surface area contributed by atoms with Crippen molar-refractivity contribution in [2.75, 3.05) is 0 Å². The van der Waals surface area contributed by atoms with Gasteiger partial charge in [0.15, 0.2) is 5.16 Å². The molecule has 1 aromatic heterocycles. The van der Waals surface area contributed by atoms with Gasteiger partial charge in [-0.15, -0.1) is 5.10 Å². The minimum absolute atomic E-state index is 0.273. The molecule has 0 aliphatic heterocycles. The molecule has 0 spiro atoms. The first-order valence-electron chi connectivity index (χ1n) is 5.62. The number of benzene rings is 1. The zero-order valence-corrected chi connectivity index (χ0v) is 11.0. The molecule has 0 aliphatic rings. The maximum atomic E-state index is 13.7. The molecule has 0 unspecified atom stereocenters. The third-order valence-corrected chi connectivity index (χ3v) is 3.60. The Morgan fingerprint density at radius 1 is 1.58 bits per heavy atom. The summed E-state index contributed by atoms with van der Waals surface area (Å²) >= 11 is 1.27. The SMILES string of the molecule is CCn1c(SCc2ccc(C#N)cc2F)n[nH]c1=O. The zero-order chi connectivity index (χ0) is 13.8. The Morgan fingerprint density at radius 2 is 2.37 bits per heavy atom. The van der Waals surface area contributed by atoms with Crippen molar-refractivity contribution in [3.8, 4) is 6.07 Å². The molecule has 2 rings (SSSR count). The molecule has 0 amide bonds. The number of rotatable bonds is 4. The third kappa shape index (κ3) is 2.85. The van der Waals surface area contributed by atoms with Gasteiger partial charge >= 0.3 is 5.69 Å². The van der Waals surface area contributed by atoms with Crippen LogP contribution in [-0.4, -0.2) is 14.8 Å². The van der Waals surface area contributed by atoms with Gasteiger partial charge in [-0.1, -0.05) is 17.8 Å². The molecular formula is C12H11FN4OS. The van der Waals surface area contributed by atoms with Gasteiger partial charge in [0.25, 0.3) is 0 Å². The second-order valence-electron chi connectivity index (χ2n) is 3.76. The quantitative estimate of drug-likeness (QED) is 0.867. The first-order chi connectivity index (χ1) is 9.15. The van der Waals surface area contributed by atoms with Crippen molar-refractivity contribution in [2.45, 2.75) is 24.4 Å². The lowest BCUT2D eigenvalue weighted by Crippen LogP contribution is -2.16. The molecule has 5 nitrogen and oxygen atoms in total. The maximum Gasteiger partial charge on any atom is 0.343 e. The molecule has 0 fully saturated rings. The summed E-state index contributed by atoms with van der Waals surface area (Å²) in [5, 5.41) is 15.4. The summed E-state index contributed by atoms with van der Waals surface area (Å²) in [4.78, 5) is 11.4. The van der Waals surface area contributed by atoms with Crippen molar-refractivity contribution < 1.29 is 4.39 Å². The molecule has 1 heterocycles. The van der Waals surface area contributed by atoms with E-state index in [1.54, 1.807) is 12.1 Å². The van der Waals surface area contributed by atoms with Crippen molar-refractivity contribution in [1.82, 2.24) is 14.8 Å². The first-order valence-corrected chi connectivity index (χ1v) is 6.60. The largest absolute Gasteiger partial charge is 0.343 e. The highest BCUT2D eigenvalue weighted by Gasteiger charge is 2.09. The average molecular weight is 278 g/mol. The minimum Gasteiger partial charge on any atom is -0.270 e.